The lowest BCUT2D eigenvalue weighted by molar-refractivity contribution is 0.0947. The molecule has 1 aliphatic carbocycles. The fraction of sp³-hybridized carbons (Fsp3) is 0.474. The Balaban J connectivity index is 1.65. The van der Waals surface area contributed by atoms with E-state index < -0.39 is 0 Å². The minimum atomic E-state index is -0.141. The first-order valence-corrected chi connectivity index (χ1v) is 9.33. The van der Waals surface area contributed by atoms with Crippen molar-refractivity contribution in [2.24, 2.45) is 0 Å². The Kier molecular flexibility index (Phi) is 5.12. The number of aromatic nitrogens is 2. The van der Waals surface area contributed by atoms with E-state index in [1.54, 1.807) is 6.07 Å². The molecule has 1 aromatic carbocycles. The van der Waals surface area contributed by atoms with Gasteiger partial charge in [0.15, 0.2) is 0 Å². The van der Waals surface area contributed by atoms with Crippen LogP contribution in [0.2, 0.25) is 10.0 Å². The van der Waals surface area contributed by atoms with Gasteiger partial charge in [-0.2, -0.15) is 5.10 Å². The molecule has 0 atom stereocenters. The SMILES string of the molecule is CC(C)(C)n1nc(C(=O)NCCc2cc(Cl)cc(Cl)c2)cc1C1CC1. The Bertz CT molecular complexity index is 768. The largest absolute Gasteiger partial charge is 0.350 e. The summed E-state index contributed by atoms with van der Waals surface area (Å²) in [5.74, 6) is 0.403. The summed E-state index contributed by atoms with van der Waals surface area (Å²) in [5.41, 5.74) is 2.52. The van der Waals surface area contributed by atoms with Gasteiger partial charge in [0.25, 0.3) is 5.91 Å². The van der Waals surface area contributed by atoms with Crippen LogP contribution in [0.3, 0.4) is 0 Å². The van der Waals surface area contributed by atoms with Crippen LogP contribution in [0.15, 0.2) is 24.3 Å². The highest BCUT2D eigenvalue weighted by Crippen LogP contribution is 2.41. The van der Waals surface area contributed by atoms with Crippen LogP contribution < -0.4 is 5.32 Å². The smallest absolute Gasteiger partial charge is 0.271 e. The summed E-state index contributed by atoms with van der Waals surface area (Å²) in [6.45, 7) is 6.83. The summed E-state index contributed by atoms with van der Waals surface area (Å²) in [6.07, 6.45) is 3.03. The highest BCUT2D eigenvalue weighted by atomic mass is 35.5. The molecule has 0 saturated heterocycles. The quantitative estimate of drug-likeness (QED) is 0.810. The van der Waals surface area contributed by atoms with Crippen LogP contribution in [0.4, 0.5) is 0 Å². The van der Waals surface area contributed by atoms with Gasteiger partial charge >= 0.3 is 0 Å². The van der Waals surface area contributed by atoms with Crippen molar-refractivity contribution in [1.82, 2.24) is 15.1 Å². The van der Waals surface area contributed by atoms with Crippen LogP contribution in [0, 0.1) is 0 Å². The predicted octanol–water partition coefficient (Wildman–Crippen LogP) is 4.79. The molecular weight excluding hydrogens is 357 g/mol. The fourth-order valence-corrected chi connectivity index (χ4v) is 3.45. The number of nitrogens with one attached hydrogen (secondary N) is 1. The summed E-state index contributed by atoms with van der Waals surface area (Å²) in [6, 6.07) is 7.36. The first-order valence-electron chi connectivity index (χ1n) is 8.57. The molecule has 134 valence electrons. The number of carbonyl (C=O) groups excluding carboxylic acids is 1. The van der Waals surface area contributed by atoms with Crippen molar-refractivity contribution >= 4 is 29.1 Å². The summed E-state index contributed by atoms with van der Waals surface area (Å²) in [5, 5.41) is 8.70. The average Bonchev–Trinajstić information content (AvgIpc) is 3.23. The maximum absolute atomic E-state index is 12.5. The molecule has 25 heavy (non-hydrogen) atoms. The van der Waals surface area contributed by atoms with Crippen molar-refractivity contribution in [2.75, 3.05) is 6.54 Å². The molecule has 1 saturated carbocycles. The average molecular weight is 380 g/mol. The molecule has 1 fully saturated rings. The van der Waals surface area contributed by atoms with Crippen LogP contribution in [-0.4, -0.2) is 22.2 Å². The van der Waals surface area contributed by atoms with Gasteiger partial charge < -0.3 is 5.32 Å². The predicted molar refractivity (Wildman–Crippen MR) is 102 cm³/mol. The van der Waals surface area contributed by atoms with Crippen LogP contribution in [0.1, 0.15) is 61.3 Å². The zero-order chi connectivity index (χ0) is 18.2. The number of halogens is 2. The summed E-state index contributed by atoms with van der Waals surface area (Å²) in [4.78, 5) is 12.5. The Hall–Kier alpha value is -1.52. The molecular formula is C19H23Cl2N3O. The van der Waals surface area contributed by atoms with E-state index in [9.17, 15) is 4.79 Å². The lowest BCUT2D eigenvalue weighted by Crippen LogP contribution is -2.28. The number of hydrogen-bond donors (Lipinski definition) is 1. The van der Waals surface area contributed by atoms with E-state index in [1.165, 1.54) is 18.5 Å². The third kappa shape index (κ3) is 4.56. The molecule has 1 N–H and O–H groups in total. The zero-order valence-corrected chi connectivity index (χ0v) is 16.3. The number of benzene rings is 1. The van der Waals surface area contributed by atoms with Gasteiger partial charge in [-0.05, 0) is 69.9 Å². The third-order valence-corrected chi connectivity index (χ3v) is 4.66. The molecule has 0 spiro atoms. The van der Waals surface area contributed by atoms with Crippen molar-refractivity contribution < 1.29 is 4.79 Å². The number of carbonyl (C=O) groups is 1. The summed E-state index contributed by atoms with van der Waals surface area (Å²) >= 11 is 12.0. The molecule has 0 unspecified atom stereocenters. The summed E-state index contributed by atoms with van der Waals surface area (Å²) < 4.78 is 2.00. The number of amides is 1. The van der Waals surface area contributed by atoms with Crippen LogP contribution in [-0.2, 0) is 12.0 Å². The molecule has 1 aromatic heterocycles. The van der Waals surface area contributed by atoms with Gasteiger partial charge in [-0.3, -0.25) is 9.48 Å². The van der Waals surface area contributed by atoms with E-state index in [1.807, 2.05) is 22.9 Å². The fourth-order valence-electron chi connectivity index (χ4n) is 2.88. The molecule has 0 aliphatic heterocycles. The van der Waals surface area contributed by atoms with Gasteiger partial charge in [-0.1, -0.05) is 23.2 Å². The van der Waals surface area contributed by atoms with Crippen molar-refractivity contribution in [2.45, 2.75) is 51.5 Å². The minimum Gasteiger partial charge on any atom is -0.350 e. The van der Waals surface area contributed by atoms with E-state index in [2.05, 4.69) is 31.2 Å². The van der Waals surface area contributed by atoms with Crippen molar-refractivity contribution in [1.29, 1.82) is 0 Å². The lowest BCUT2D eigenvalue weighted by Gasteiger charge is -2.22. The molecule has 0 radical (unpaired) electrons. The van der Waals surface area contributed by atoms with Crippen molar-refractivity contribution in [3.05, 3.63) is 51.3 Å². The maximum Gasteiger partial charge on any atom is 0.271 e. The number of rotatable bonds is 5. The second-order valence-electron chi connectivity index (χ2n) is 7.59. The standard InChI is InChI=1S/C19H23Cl2N3O/c1-19(2,3)24-17(13-4-5-13)11-16(23-24)18(25)22-7-6-12-8-14(20)10-15(21)9-12/h8-11,13H,4-7H2,1-3H3,(H,22,25). The molecule has 3 rings (SSSR count). The molecule has 2 aromatic rings. The van der Waals surface area contributed by atoms with Gasteiger partial charge in [0, 0.05) is 28.2 Å². The normalized spacial score (nSPS) is 14.6. The maximum atomic E-state index is 12.5. The van der Waals surface area contributed by atoms with E-state index in [4.69, 9.17) is 23.2 Å². The molecule has 1 heterocycles. The molecule has 0 bridgehead atoms. The van der Waals surface area contributed by atoms with Crippen LogP contribution >= 0.6 is 23.2 Å². The van der Waals surface area contributed by atoms with Gasteiger partial charge in [0.05, 0.1) is 5.54 Å². The monoisotopic (exact) mass is 379 g/mol. The Labute approximate surface area is 158 Å². The number of nitrogens with zero attached hydrogens (tertiary/aromatic N) is 2. The molecule has 4 nitrogen and oxygen atoms in total. The van der Waals surface area contributed by atoms with E-state index in [0.717, 1.165) is 5.56 Å². The third-order valence-electron chi connectivity index (χ3n) is 4.22. The van der Waals surface area contributed by atoms with Crippen LogP contribution in [0.25, 0.3) is 0 Å². The summed E-state index contributed by atoms with van der Waals surface area (Å²) in [7, 11) is 0. The number of hydrogen-bond acceptors (Lipinski definition) is 2. The zero-order valence-electron chi connectivity index (χ0n) is 14.8. The van der Waals surface area contributed by atoms with E-state index >= 15 is 0 Å². The molecule has 1 aliphatic rings. The minimum absolute atomic E-state index is 0.131. The highest BCUT2D eigenvalue weighted by Gasteiger charge is 2.32. The Morgan fingerprint density at radius 1 is 1.20 bits per heavy atom. The van der Waals surface area contributed by atoms with Gasteiger partial charge in [-0.25, -0.2) is 0 Å². The van der Waals surface area contributed by atoms with Gasteiger partial charge in [0.1, 0.15) is 5.69 Å². The highest BCUT2D eigenvalue weighted by molar-refractivity contribution is 6.34. The Morgan fingerprint density at radius 2 is 1.84 bits per heavy atom. The molecule has 1 amide bonds. The van der Waals surface area contributed by atoms with Gasteiger partial charge in [-0.15, -0.1) is 0 Å². The van der Waals surface area contributed by atoms with E-state index in [0.29, 0.717) is 34.6 Å². The second kappa shape index (κ2) is 7.00. The van der Waals surface area contributed by atoms with Gasteiger partial charge in [0.2, 0.25) is 0 Å². The lowest BCUT2D eigenvalue weighted by atomic mass is 10.1. The van der Waals surface area contributed by atoms with Crippen molar-refractivity contribution in [3.63, 3.8) is 0 Å². The second-order valence-corrected chi connectivity index (χ2v) is 8.47. The van der Waals surface area contributed by atoms with Crippen LogP contribution in [0.5, 0.6) is 0 Å². The van der Waals surface area contributed by atoms with Crippen molar-refractivity contribution in [3.8, 4) is 0 Å². The first kappa shape index (κ1) is 18.3. The Morgan fingerprint density at radius 3 is 2.40 bits per heavy atom. The first-order chi connectivity index (χ1) is 11.7. The topological polar surface area (TPSA) is 46.9 Å². The van der Waals surface area contributed by atoms with E-state index in [-0.39, 0.29) is 11.4 Å². The molecule has 6 heteroatoms.